The minimum atomic E-state index is 0.00403. The van der Waals surface area contributed by atoms with E-state index in [4.69, 9.17) is 11.6 Å². The highest BCUT2D eigenvalue weighted by Gasteiger charge is 2.27. The van der Waals surface area contributed by atoms with Crippen LogP contribution in [-0.2, 0) is 4.79 Å². The Balaban J connectivity index is 1.74. The molecule has 0 radical (unpaired) electrons. The Morgan fingerprint density at radius 2 is 2.11 bits per heavy atom. The van der Waals surface area contributed by atoms with Gasteiger partial charge in [-0.05, 0) is 18.6 Å². The van der Waals surface area contributed by atoms with Gasteiger partial charge in [-0.3, -0.25) is 4.79 Å². The number of carbonyl (C=O) groups excluding carboxylic acids is 1. The molecule has 0 N–H and O–H groups in total. The van der Waals surface area contributed by atoms with Crippen molar-refractivity contribution in [3.05, 3.63) is 30.3 Å². The van der Waals surface area contributed by atoms with Crippen LogP contribution >= 0.6 is 11.6 Å². The molecule has 0 aliphatic carbocycles. The summed E-state index contributed by atoms with van der Waals surface area (Å²) in [5.41, 5.74) is 1.21. The fraction of sp³-hybridized carbons (Fsp3) is 0.500. The fourth-order valence-corrected chi connectivity index (χ4v) is 2.55. The van der Waals surface area contributed by atoms with Crippen LogP contribution in [0.4, 0.5) is 5.69 Å². The molecule has 1 fully saturated rings. The van der Waals surface area contributed by atoms with Crippen LogP contribution in [0, 0.1) is 0 Å². The topological polar surface area (TPSA) is 23.6 Å². The molecule has 1 aliphatic heterocycles. The van der Waals surface area contributed by atoms with Crippen LogP contribution < -0.4 is 4.90 Å². The summed E-state index contributed by atoms with van der Waals surface area (Å²) in [6, 6.07) is 10.3. The molecule has 0 bridgehead atoms. The van der Waals surface area contributed by atoms with E-state index >= 15 is 0 Å². The van der Waals surface area contributed by atoms with Gasteiger partial charge in [0.05, 0.1) is 5.38 Å². The third-order valence-corrected chi connectivity index (χ3v) is 3.58. The lowest BCUT2D eigenvalue weighted by molar-refractivity contribution is -0.127. The number of anilines is 1. The van der Waals surface area contributed by atoms with Gasteiger partial charge in [-0.15, -0.1) is 11.6 Å². The molecule has 0 spiro atoms. The Morgan fingerprint density at radius 3 is 2.72 bits per heavy atom. The number of benzene rings is 1. The third-order valence-electron chi connectivity index (χ3n) is 3.29. The van der Waals surface area contributed by atoms with Crippen LogP contribution in [-0.4, -0.2) is 42.9 Å². The van der Waals surface area contributed by atoms with Gasteiger partial charge in [0.1, 0.15) is 0 Å². The van der Waals surface area contributed by atoms with Crippen molar-refractivity contribution in [2.75, 3.05) is 31.6 Å². The molecule has 2 rings (SSSR count). The largest absolute Gasteiger partial charge is 0.375 e. The molecule has 98 valence electrons. The number of rotatable bonds is 5. The van der Waals surface area contributed by atoms with Crippen molar-refractivity contribution < 1.29 is 4.79 Å². The second kappa shape index (κ2) is 6.10. The maximum absolute atomic E-state index is 11.6. The van der Waals surface area contributed by atoms with Crippen molar-refractivity contribution in [1.82, 2.24) is 4.90 Å². The van der Waals surface area contributed by atoms with Crippen molar-refractivity contribution in [3.8, 4) is 0 Å². The summed E-state index contributed by atoms with van der Waals surface area (Å²) in [7, 11) is 2.07. The average molecular weight is 267 g/mol. The maximum atomic E-state index is 11.6. The normalized spacial score (nSPS) is 19.3. The van der Waals surface area contributed by atoms with E-state index in [1.807, 2.05) is 23.1 Å². The highest BCUT2D eigenvalue weighted by atomic mass is 35.5. The summed E-state index contributed by atoms with van der Waals surface area (Å²) in [4.78, 5) is 15.6. The Labute approximate surface area is 113 Å². The Kier molecular flexibility index (Phi) is 4.48. The first-order valence-electron chi connectivity index (χ1n) is 6.35. The Bertz CT molecular complexity index is 396. The summed E-state index contributed by atoms with van der Waals surface area (Å²) in [5, 5.41) is 0.00403. The zero-order chi connectivity index (χ0) is 13.0. The predicted molar refractivity (Wildman–Crippen MR) is 75.2 cm³/mol. The molecule has 1 aliphatic rings. The number of alkyl halides is 1. The van der Waals surface area contributed by atoms with Gasteiger partial charge in [-0.2, -0.15) is 0 Å². The van der Waals surface area contributed by atoms with E-state index in [1.54, 1.807) is 0 Å². The van der Waals surface area contributed by atoms with E-state index in [1.165, 1.54) is 5.69 Å². The zero-order valence-corrected chi connectivity index (χ0v) is 11.4. The van der Waals surface area contributed by atoms with E-state index in [9.17, 15) is 4.79 Å². The van der Waals surface area contributed by atoms with Gasteiger partial charge < -0.3 is 9.80 Å². The number of hydrogen-bond donors (Lipinski definition) is 0. The highest BCUT2D eigenvalue weighted by molar-refractivity contribution is 6.22. The number of amides is 1. The molecular formula is C14H19ClN2O. The molecule has 1 amide bonds. The molecule has 1 aromatic carbocycles. The molecule has 1 unspecified atom stereocenters. The molecule has 1 aromatic rings. The van der Waals surface area contributed by atoms with Crippen LogP contribution in [0.25, 0.3) is 0 Å². The first kappa shape index (κ1) is 13.2. The second-order valence-electron chi connectivity index (χ2n) is 4.75. The molecule has 1 atom stereocenters. The van der Waals surface area contributed by atoms with Gasteiger partial charge in [-0.1, -0.05) is 18.2 Å². The monoisotopic (exact) mass is 266 g/mol. The number of nitrogens with zero attached hydrogens (tertiary/aromatic N) is 2. The van der Waals surface area contributed by atoms with E-state index in [0.29, 0.717) is 13.0 Å². The zero-order valence-electron chi connectivity index (χ0n) is 10.7. The van der Waals surface area contributed by atoms with E-state index in [2.05, 4.69) is 24.1 Å². The maximum Gasteiger partial charge on any atom is 0.224 e. The molecular weight excluding hydrogens is 248 g/mol. The number of para-hydroxylation sites is 1. The lowest BCUT2D eigenvalue weighted by Crippen LogP contribution is -2.29. The molecule has 1 heterocycles. The quantitative estimate of drug-likeness (QED) is 0.764. The van der Waals surface area contributed by atoms with Crippen LogP contribution in [0.1, 0.15) is 12.8 Å². The second-order valence-corrected chi connectivity index (χ2v) is 5.37. The SMILES string of the molecule is CN(CCCN1CC(Cl)CC1=O)c1ccccc1. The van der Waals surface area contributed by atoms with E-state index in [-0.39, 0.29) is 11.3 Å². The first-order valence-corrected chi connectivity index (χ1v) is 6.78. The Hall–Kier alpha value is -1.22. The molecule has 4 heteroatoms. The smallest absolute Gasteiger partial charge is 0.224 e. The number of halogens is 1. The third kappa shape index (κ3) is 3.39. The van der Waals surface area contributed by atoms with Crippen LogP contribution in [0.3, 0.4) is 0 Å². The number of hydrogen-bond acceptors (Lipinski definition) is 2. The predicted octanol–water partition coefficient (Wildman–Crippen LogP) is 2.35. The van der Waals surface area contributed by atoms with Crippen molar-refractivity contribution in [2.45, 2.75) is 18.2 Å². The summed E-state index contributed by atoms with van der Waals surface area (Å²) in [6.45, 7) is 2.45. The summed E-state index contributed by atoms with van der Waals surface area (Å²) >= 11 is 5.97. The standard InChI is InChI=1S/C14H19ClN2O/c1-16(13-6-3-2-4-7-13)8-5-9-17-11-12(15)10-14(17)18/h2-4,6-7,12H,5,8-11H2,1H3. The average Bonchev–Trinajstić information content (AvgIpc) is 2.69. The van der Waals surface area contributed by atoms with Gasteiger partial charge in [-0.25, -0.2) is 0 Å². The lowest BCUT2D eigenvalue weighted by Gasteiger charge is -2.21. The van der Waals surface area contributed by atoms with Gasteiger partial charge >= 0.3 is 0 Å². The first-order chi connectivity index (χ1) is 8.66. The minimum Gasteiger partial charge on any atom is -0.375 e. The molecule has 1 saturated heterocycles. The fourth-order valence-electron chi connectivity index (χ4n) is 2.25. The van der Waals surface area contributed by atoms with Crippen LogP contribution in [0.2, 0.25) is 0 Å². The number of likely N-dealkylation sites (tertiary alicyclic amines) is 1. The summed E-state index contributed by atoms with van der Waals surface area (Å²) in [6.07, 6.45) is 1.47. The van der Waals surface area contributed by atoms with Crippen molar-refractivity contribution in [2.24, 2.45) is 0 Å². The summed E-state index contributed by atoms with van der Waals surface area (Å²) in [5.74, 6) is 0.192. The van der Waals surface area contributed by atoms with Crippen molar-refractivity contribution >= 4 is 23.2 Å². The Morgan fingerprint density at radius 1 is 1.39 bits per heavy atom. The van der Waals surface area contributed by atoms with Crippen LogP contribution in [0.15, 0.2) is 30.3 Å². The molecule has 18 heavy (non-hydrogen) atoms. The van der Waals surface area contributed by atoms with Crippen molar-refractivity contribution in [1.29, 1.82) is 0 Å². The van der Waals surface area contributed by atoms with Gasteiger partial charge in [0.25, 0.3) is 0 Å². The van der Waals surface area contributed by atoms with Gasteiger partial charge in [0, 0.05) is 38.8 Å². The van der Waals surface area contributed by atoms with E-state index < -0.39 is 0 Å². The summed E-state index contributed by atoms with van der Waals surface area (Å²) < 4.78 is 0. The highest BCUT2D eigenvalue weighted by Crippen LogP contribution is 2.17. The van der Waals surface area contributed by atoms with Gasteiger partial charge in [0.2, 0.25) is 5.91 Å². The number of carbonyl (C=O) groups is 1. The lowest BCUT2D eigenvalue weighted by atomic mass is 10.3. The molecule has 0 saturated carbocycles. The van der Waals surface area contributed by atoms with Crippen molar-refractivity contribution in [3.63, 3.8) is 0 Å². The molecule has 3 nitrogen and oxygen atoms in total. The molecule has 0 aromatic heterocycles. The van der Waals surface area contributed by atoms with Crippen LogP contribution in [0.5, 0.6) is 0 Å². The van der Waals surface area contributed by atoms with Gasteiger partial charge in [0.15, 0.2) is 0 Å². The minimum absolute atomic E-state index is 0.00403. The van der Waals surface area contributed by atoms with E-state index in [0.717, 1.165) is 19.5 Å².